The summed E-state index contributed by atoms with van der Waals surface area (Å²) in [5, 5.41) is 7.18. The number of rotatable bonds is 7. The molecular formula is C20H19F2N3O4. The second-order valence-corrected chi connectivity index (χ2v) is 6.27. The summed E-state index contributed by atoms with van der Waals surface area (Å²) in [4.78, 5) is 25.2. The van der Waals surface area contributed by atoms with Gasteiger partial charge in [-0.15, -0.1) is 5.01 Å². The predicted octanol–water partition coefficient (Wildman–Crippen LogP) is 3.49. The lowest BCUT2D eigenvalue weighted by Gasteiger charge is -2.21. The standard InChI is InChI=1S/C20H19F2N3O4/c1-3-28-15-11-7-8-13(16(15)29-18(21)22)12-23-25-17(26)20(2,24-19(25)27)14-9-5-4-6-10-14/h4-12,18H,3H2,1-2H3,(H,24,27)/b23-12-/t20-/m0/s1. The molecule has 1 saturated heterocycles. The highest BCUT2D eigenvalue weighted by atomic mass is 19.3. The first-order valence-corrected chi connectivity index (χ1v) is 8.83. The molecule has 9 heteroatoms. The molecule has 2 aromatic rings. The Hall–Kier alpha value is -3.49. The van der Waals surface area contributed by atoms with Gasteiger partial charge in [0, 0.05) is 5.56 Å². The minimum atomic E-state index is -3.08. The van der Waals surface area contributed by atoms with Gasteiger partial charge in [-0.25, -0.2) is 4.79 Å². The number of halogens is 2. The monoisotopic (exact) mass is 403 g/mol. The fourth-order valence-corrected chi connectivity index (χ4v) is 2.94. The Bertz CT molecular complexity index is 937. The highest BCUT2D eigenvalue weighted by Gasteiger charge is 2.49. The van der Waals surface area contributed by atoms with Crippen LogP contribution in [-0.4, -0.2) is 36.4 Å². The topological polar surface area (TPSA) is 80.2 Å². The molecule has 1 heterocycles. The molecule has 0 radical (unpaired) electrons. The molecule has 1 N–H and O–H groups in total. The van der Waals surface area contributed by atoms with E-state index in [-0.39, 0.29) is 23.7 Å². The lowest BCUT2D eigenvalue weighted by atomic mass is 9.92. The zero-order valence-electron chi connectivity index (χ0n) is 15.8. The molecule has 0 unspecified atom stereocenters. The smallest absolute Gasteiger partial charge is 0.387 e. The first-order valence-electron chi connectivity index (χ1n) is 8.83. The normalized spacial score (nSPS) is 19.1. The van der Waals surface area contributed by atoms with Crippen LogP contribution in [0, 0.1) is 0 Å². The van der Waals surface area contributed by atoms with E-state index in [9.17, 15) is 18.4 Å². The van der Waals surface area contributed by atoms with Crippen LogP contribution in [0.5, 0.6) is 11.5 Å². The first kappa shape index (κ1) is 20.2. The number of hydrogen-bond donors (Lipinski definition) is 1. The van der Waals surface area contributed by atoms with Crippen LogP contribution in [-0.2, 0) is 10.3 Å². The summed E-state index contributed by atoms with van der Waals surface area (Å²) >= 11 is 0. The van der Waals surface area contributed by atoms with Gasteiger partial charge in [-0.2, -0.15) is 13.9 Å². The van der Waals surface area contributed by atoms with Crippen LogP contribution in [0.2, 0.25) is 0 Å². The quantitative estimate of drug-likeness (QED) is 0.567. The van der Waals surface area contributed by atoms with Crippen molar-refractivity contribution in [2.45, 2.75) is 26.0 Å². The van der Waals surface area contributed by atoms with E-state index in [1.165, 1.54) is 12.1 Å². The van der Waals surface area contributed by atoms with E-state index in [4.69, 9.17) is 4.74 Å². The van der Waals surface area contributed by atoms with Crippen molar-refractivity contribution in [2.75, 3.05) is 6.61 Å². The molecule has 3 rings (SSSR count). The van der Waals surface area contributed by atoms with Crippen LogP contribution in [0.1, 0.15) is 25.0 Å². The molecule has 0 aliphatic carbocycles. The molecule has 2 aromatic carbocycles. The molecular weight excluding hydrogens is 384 g/mol. The van der Waals surface area contributed by atoms with E-state index in [0.29, 0.717) is 10.6 Å². The summed E-state index contributed by atoms with van der Waals surface area (Å²) in [6, 6.07) is 12.5. The number of benzene rings is 2. The van der Waals surface area contributed by atoms with Gasteiger partial charge >= 0.3 is 12.6 Å². The molecule has 3 amide bonds. The second kappa shape index (κ2) is 8.26. The number of urea groups is 1. The third-order valence-electron chi connectivity index (χ3n) is 4.35. The van der Waals surface area contributed by atoms with E-state index < -0.39 is 24.1 Å². The van der Waals surface area contributed by atoms with Crippen molar-refractivity contribution in [1.29, 1.82) is 0 Å². The first-order chi connectivity index (χ1) is 13.9. The van der Waals surface area contributed by atoms with Gasteiger partial charge in [0.25, 0.3) is 5.91 Å². The Balaban J connectivity index is 1.91. The molecule has 1 aliphatic heterocycles. The summed E-state index contributed by atoms with van der Waals surface area (Å²) < 4.78 is 35.5. The number of amides is 3. The van der Waals surface area contributed by atoms with Crippen molar-refractivity contribution in [2.24, 2.45) is 5.10 Å². The lowest BCUT2D eigenvalue weighted by Crippen LogP contribution is -2.40. The second-order valence-electron chi connectivity index (χ2n) is 6.27. The molecule has 1 fully saturated rings. The van der Waals surface area contributed by atoms with Gasteiger partial charge in [0.05, 0.1) is 12.8 Å². The molecule has 29 heavy (non-hydrogen) atoms. The number of para-hydroxylation sites is 1. The molecule has 0 spiro atoms. The van der Waals surface area contributed by atoms with Crippen LogP contribution >= 0.6 is 0 Å². The van der Waals surface area contributed by atoms with Crippen molar-refractivity contribution in [3.05, 3.63) is 59.7 Å². The molecule has 1 aliphatic rings. The van der Waals surface area contributed by atoms with Gasteiger partial charge in [-0.3, -0.25) is 4.79 Å². The van der Waals surface area contributed by atoms with Gasteiger partial charge in [0.15, 0.2) is 11.5 Å². The Morgan fingerprint density at radius 2 is 1.90 bits per heavy atom. The van der Waals surface area contributed by atoms with Gasteiger partial charge in [-0.05, 0) is 31.5 Å². The van der Waals surface area contributed by atoms with E-state index in [1.54, 1.807) is 50.2 Å². The van der Waals surface area contributed by atoms with E-state index in [2.05, 4.69) is 15.2 Å². The summed E-state index contributed by atoms with van der Waals surface area (Å²) in [5.41, 5.74) is -0.563. The highest BCUT2D eigenvalue weighted by molar-refractivity contribution is 6.07. The van der Waals surface area contributed by atoms with Crippen LogP contribution in [0.15, 0.2) is 53.6 Å². The Morgan fingerprint density at radius 1 is 1.17 bits per heavy atom. The number of nitrogens with zero attached hydrogens (tertiary/aromatic N) is 2. The third kappa shape index (κ3) is 4.03. The molecule has 1 atom stereocenters. The average Bonchev–Trinajstić information content (AvgIpc) is 2.92. The van der Waals surface area contributed by atoms with Crippen LogP contribution in [0.3, 0.4) is 0 Å². The fraction of sp³-hybridized carbons (Fsp3) is 0.250. The minimum Gasteiger partial charge on any atom is -0.490 e. The number of nitrogens with one attached hydrogen (secondary N) is 1. The van der Waals surface area contributed by atoms with E-state index in [1.807, 2.05) is 0 Å². The number of hydrogen-bond acceptors (Lipinski definition) is 5. The highest BCUT2D eigenvalue weighted by Crippen LogP contribution is 2.33. The zero-order chi connectivity index (χ0) is 21.0. The number of alkyl halides is 2. The fourth-order valence-electron chi connectivity index (χ4n) is 2.94. The number of carbonyl (C=O) groups excluding carboxylic acids is 2. The van der Waals surface area contributed by atoms with E-state index >= 15 is 0 Å². The summed E-state index contributed by atoms with van der Waals surface area (Å²) in [6.07, 6.45) is 1.11. The largest absolute Gasteiger partial charge is 0.490 e. The van der Waals surface area contributed by atoms with Crippen LogP contribution in [0.25, 0.3) is 0 Å². The number of hydrazone groups is 1. The average molecular weight is 403 g/mol. The summed E-state index contributed by atoms with van der Waals surface area (Å²) in [7, 11) is 0. The maximum atomic E-state index is 12.8. The van der Waals surface area contributed by atoms with Gasteiger partial charge in [0.1, 0.15) is 5.54 Å². The van der Waals surface area contributed by atoms with Gasteiger partial charge in [-0.1, -0.05) is 36.4 Å². The van der Waals surface area contributed by atoms with Crippen LogP contribution < -0.4 is 14.8 Å². The maximum absolute atomic E-state index is 12.8. The van der Waals surface area contributed by atoms with Crippen molar-refractivity contribution in [3.8, 4) is 11.5 Å². The predicted molar refractivity (Wildman–Crippen MR) is 101 cm³/mol. The minimum absolute atomic E-state index is 0.100. The summed E-state index contributed by atoms with van der Waals surface area (Å²) in [5.74, 6) is -0.726. The molecule has 7 nitrogen and oxygen atoms in total. The van der Waals surface area contributed by atoms with Gasteiger partial charge < -0.3 is 14.8 Å². The number of ether oxygens (including phenoxy) is 2. The molecule has 0 aromatic heterocycles. The number of imide groups is 1. The SMILES string of the molecule is CCOc1cccc(/C=N\N2C(=O)N[C@@](C)(c3ccccc3)C2=O)c1OC(F)F. The van der Waals surface area contributed by atoms with Crippen molar-refractivity contribution in [1.82, 2.24) is 10.3 Å². The van der Waals surface area contributed by atoms with Crippen molar-refractivity contribution >= 4 is 18.2 Å². The van der Waals surface area contributed by atoms with Crippen LogP contribution in [0.4, 0.5) is 13.6 Å². The number of carbonyl (C=O) groups is 2. The molecule has 0 saturated carbocycles. The van der Waals surface area contributed by atoms with Crippen molar-refractivity contribution in [3.63, 3.8) is 0 Å². The summed E-state index contributed by atoms with van der Waals surface area (Å²) in [6.45, 7) is 0.425. The Labute approximate surface area is 165 Å². The Morgan fingerprint density at radius 3 is 2.55 bits per heavy atom. The van der Waals surface area contributed by atoms with Gasteiger partial charge in [0.2, 0.25) is 0 Å². The maximum Gasteiger partial charge on any atom is 0.387 e. The molecule has 152 valence electrons. The van der Waals surface area contributed by atoms with Crippen molar-refractivity contribution < 1.29 is 27.8 Å². The zero-order valence-corrected chi connectivity index (χ0v) is 15.8. The third-order valence-corrected chi connectivity index (χ3v) is 4.35. The lowest BCUT2D eigenvalue weighted by molar-refractivity contribution is -0.131. The Kier molecular flexibility index (Phi) is 5.76. The molecule has 0 bridgehead atoms. The van der Waals surface area contributed by atoms with E-state index in [0.717, 1.165) is 6.21 Å².